The van der Waals surface area contributed by atoms with Crippen LogP contribution >= 0.6 is 15.9 Å². The van der Waals surface area contributed by atoms with Crippen LogP contribution in [0.3, 0.4) is 0 Å². The van der Waals surface area contributed by atoms with Crippen molar-refractivity contribution in [3.05, 3.63) is 64.6 Å². The molecule has 0 saturated carbocycles. The summed E-state index contributed by atoms with van der Waals surface area (Å²) in [7, 11) is 1.55. The van der Waals surface area contributed by atoms with E-state index < -0.39 is 18.0 Å². The smallest absolute Gasteiger partial charge is 0.331 e. The number of esters is 1. The van der Waals surface area contributed by atoms with E-state index in [1.807, 2.05) is 18.2 Å². The first-order valence-electron chi connectivity index (χ1n) is 7.57. The topological polar surface area (TPSA) is 64.6 Å². The normalized spacial score (nSPS) is 11.8. The van der Waals surface area contributed by atoms with E-state index in [4.69, 9.17) is 9.47 Å². The summed E-state index contributed by atoms with van der Waals surface area (Å²) in [6.07, 6.45) is 1.92. The van der Waals surface area contributed by atoms with Crippen LogP contribution in [-0.2, 0) is 14.3 Å². The van der Waals surface area contributed by atoms with Crippen LogP contribution < -0.4 is 10.1 Å². The number of halogens is 1. The zero-order valence-corrected chi connectivity index (χ0v) is 15.4. The van der Waals surface area contributed by atoms with Gasteiger partial charge >= 0.3 is 5.97 Å². The molecule has 1 amide bonds. The molecule has 0 saturated heterocycles. The highest BCUT2D eigenvalue weighted by atomic mass is 79.9. The van der Waals surface area contributed by atoms with E-state index in [2.05, 4.69) is 21.2 Å². The molecule has 0 aromatic heterocycles. The Balaban J connectivity index is 1.95. The van der Waals surface area contributed by atoms with Crippen LogP contribution in [0.15, 0.2) is 59.1 Å². The van der Waals surface area contributed by atoms with Crippen LogP contribution in [0.4, 0.5) is 5.69 Å². The summed E-state index contributed by atoms with van der Waals surface area (Å²) in [5, 5.41) is 2.68. The molecule has 0 bridgehead atoms. The number of anilines is 1. The molecule has 0 fully saturated rings. The Bertz CT molecular complexity index is 774. The van der Waals surface area contributed by atoms with Crippen molar-refractivity contribution in [2.24, 2.45) is 0 Å². The predicted octanol–water partition coefficient (Wildman–Crippen LogP) is 4.04. The fraction of sp³-hybridized carbons (Fsp3) is 0.158. The Morgan fingerprint density at radius 3 is 2.56 bits per heavy atom. The van der Waals surface area contributed by atoms with Crippen molar-refractivity contribution in [2.75, 3.05) is 12.4 Å². The first-order chi connectivity index (χ1) is 12.0. The summed E-state index contributed by atoms with van der Waals surface area (Å²) >= 11 is 3.36. The number of hydrogen-bond acceptors (Lipinski definition) is 4. The summed E-state index contributed by atoms with van der Waals surface area (Å²) in [5.74, 6) is -0.382. The number of nitrogens with one attached hydrogen (secondary N) is 1. The van der Waals surface area contributed by atoms with Gasteiger partial charge in [-0.15, -0.1) is 0 Å². The van der Waals surface area contributed by atoms with E-state index in [9.17, 15) is 9.59 Å². The SMILES string of the molecule is COc1ccc(Br)cc1/C=C/C(=O)O[C@H](C)C(=O)Nc1ccccc1. The zero-order chi connectivity index (χ0) is 18.2. The van der Waals surface area contributed by atoms with Gasteiger partial charge in [-0.1, -0.05) is 34.1 Å². The quantitative estimate of drug-likeness (QED) is 0.583. The number of benzene rings is 2. The molecular weight excluding hydrogens is 386 g/mol. The van der Waals surface area contributed by atoms with E-state index in [0.29, 0.717) is 11.4 Å². The number of carbonyl (C=O) groups is 2. The molecule has 6 heteroatoms. The van der Waals surface area contributed by atoms with Gasteiger partial charge in [0.05, 0.1) is 7.11 Å². The molecule has 25 heavy (non-hydrogen) atoms. The van der Waals surface area contributed by atoms with Gasteiger partial charge in [0.1, 0.15) is 5.75 Å². The number of carbonyl (C=O) groups excluding carboxylic acids is 2. The van der Waals surface area contributed by atoms with Gasteiger partial charge < -0.3 is 14.8 Å². The number of rotatable bonds is 6. The Hall–Kier alpha value is -2.60. The second-order valence-electron chi connectivity index (χ2n) is 5.15. The summed E-state index contributed by atoms with van der Waals surface area (Å²) in [6.45, 7) is 1.52. The number of hydrogen-bond donors (Lipinski definition) is 1. The molecule has 5 nitrogen and oxygen atoms in total. The van der Waals surface area contributed by atoms with Crippen LogP contribution in [0, 0.1) is 0 Å². The van der Waals surface area contributed by atoms with Gasteiger partial charge in [0.25, 0.3) is 5.91 Å². The van der Waals surface area contributed by atoms with Gasteiger partial charge in [-0.3, -0.25) is 4.79 Å². The number of ether oxygens (including phenoxy) is 2. The third kappa shape index (κ3) is 5.76. The van der Waals surface area contributed by atoms with Crippen LogP contribution in [0.1, 0.15) is 12.5 Å². The van der Waals surface area contributed by atoms with Gasteiger partial charge in [0.15, 0.2) is 6.10 Å². The minimum Gasteiger partial charge on any atom is -0.496 e. The predicted molar refractivity (Wildman–Crippen MR) is 100 cm³/mol. The molecule has 0 aliphatic rings. The van der Waals surface area contributed by atoms with Crippen LogP contribution in [0.2, 0.25) is 0 Å². The maximum Gasteiger partial charge on any atom is 0.331 e. The van der Waals surface area contributed by atoms with Crippen LogP contribution in [0.25, 0.3) is 6.08 Å². The third-order valence-electron chi connectivity index (χ3n) is 3.29. The molecular formula is C19H18BrNO4. The molecule has 1 N–H and O–H groups in total. The summed E-state index contributed by atoms with van der Waals surface area (Å²) in [6, 6.07) is 14.4. The molecule has 0 spiro atoms. The van der Waals surface area contributed by atoms with Gasteiger partial charge in [0, 0.05) is 21.8 Å². The summed E-state index contributed by atoms with van der Waals surface area (Å²) in [4.78, 5) is 24.0. The van der Waals surface area contributed by atoms with Gasteiger partial charge in [-0.2, -0.15) is 0 Å². The lowest BCUT2D eigenvalue weighted by atomic mass is 10.2. The maximum absolute atomic E-state index is 12.0. The minimum atomic E-state index is -0.915. The molecule has 0 radical (unpaired) electrons. The third-order valence-corrected chi connectivity index (χ3v) is 3.79. The van der Waals surface area contributed by atoms with Gasteiger partial charge in [-0.05, 0) is 43.3 Å². The largest absolute Gasteiger partial charge is 0.496 e. The average Bonchev–Trinajstić information content (AvgIpc) is 2.61. The van der Waals surface area contributed by atoms with E-state index >= 15 is 0 Å². The van der Waals surface area contributed by atoms with Crippen molar-refractivity contribution < 1.29 is 19.1 Å². The maximum atomic E-state index is 12.0. The van der Waals surface area contributed by atoms with Crippen molar-refractivity contribution in [3.8, 4) is 5.75 Å². The lowest BCUT2D eigenvalue weighted by molar-refractivity contribution is -0.148. The highest BCUT2D eigenvalue weighted by Gasteiger charge is 2.16. The van der Waals surface area contributed by atoms with E-state index in [0.717, 1.165) is 10.0 Å². The fourth-order valence-corrected chi connectivity index (χ4v) is 2.40. The molecule has 2 rings (SSSR count). The second kappa shape index (κ2) is 9.03. The van der Waals surface area contributed by atoms with Crippen molar-refractivity contribution in [2.45, 2.75) is 13.0 Å². The molecule has 0 aliphatic heterocycles. The number of methoxy groups -OCH3 is 1. The van der Waals surface area contributed by atoms with Crippen molar-refractivity contribution in [1.82, 2.24) is 0 Å². The van der Waals surface area contributed by atoms with E-state index in [-0.39, 0.29) is 0 Å². The fourth-order valence-electron chi connectivity index (χ4n) is 2.03. The zero-order valence-electron chi connectivity index (χ0n) is 13.9. The molecule has 0 heterocycles. The number of para-hydroxylation sites is 1. The molecule has 2 aromatic rings. The first kappa shape index (κ1) is 18.7. The Kier molecular flexibility index (Phi) is 6.77. The summed E-state index contributed by atoms with van der Waals surface area (Å²) < 4.78 is 11.2. The minimum absolute atomic E-state index is 0.395. The van der Waals surface area contributed by atoms with Crippen molar-refractivity contribution in [3.63, 3.8) is 0 Å². The van der Waals surface area contributed by atoms with Crippen LogP contribution in [-0.4, -0.2) is 25.1 Å². The van der Waals surface area contributed by atoms with Crippen LogP contribution in [0.5, 0.6) is 5.75 Å². The number of amides is 1. The van der Waals surface area contributed by atoms with E-state index in [1.165, 1.54) is 13.0 Å². The lowest BCUT2D eigenvalue weighted by Gasteiger charge is -2.12. The van der Waals surface area contributed by atoms with Crippen molar-refractivity contribution >= 4 is 39.6 Å². The standard InChI is InChI=1S/C19H18BrNO4/c1-13(19(23)21-16-6-4-3-5-7-16)25-18(22)11-8-14-12-15(20)9-10-17(14)24-2/h3-13H,1-2H3,(H,21,23)/b11-8+/t13-/m1/s1. The highest BCUT2D eigenvalue weighted by molar-refractivity contribution is 9.10. The van der Waals surface area contributed by atoms with Gasteiger partial charge in [-0.25, -0.2) is 4.79 Å². The Labute approximate surface area is 154 Å². The second-order valence-corrected chi connectivity index (χ2v) is 6.07. The lowest BCUT2D eigenvalue weighted by Crippen LogP contribution is -2.29. The highest BCUT2D eigenvalue weighted by Crippen LogP contribution is 2.24. The monoisotopic (exact) mass is 403 g/mol. The van der Waals surface area contributed by atoms with E-state index in [1.54, 1.807) is 43.5 Å². The molecule has 0 unspecified atom stereocenters. The molecule has 0 aliphatic carbocycles. The molecule has 130 valence electrons. The Morgan fingerprint density at radius 1 is 1.16 bits per heavy atom. The molecule has 1 atom stereocenters. The summed E-state index contributed by atoms with van der Waals surface area (Å²) in [5.41, 5.74) is 1.36. The molecule has 2 aromatic carbocycles. The Morgan fingerprint density at radius 2 is 1.88 bits per heavy atom. The average molecular weight is 404 g/mol. The van der Waals surface area contributed by atoms with Gasteiger partial charge in [0.2, 0.25) is 0 Å². The van der Waals surface area contributed by atoms with Crippen molar-refractivity contribution in [1.29, 1.82) is 0 Å². The first-order valence-corrected chi connectivity index (χ1v) is 8.37.